The predicted molar refractivity (Wildman–Crippen MR) is 123 cm³/mol. The topological polar surface area (TPSA) is 74.3 Å². The Balaban J connectivity index is 1.69. The van der Waals surface area contributed by atoms with Gasteiger partial charge in [-0.1, -0.05) is 36.4 Å². The van der Waals surface area contributed by atoms with Crippen LogP contribution < -0.4 is 19.1 Å². The monoisotopic (exact) mass is 437 g/mol. The van der Waals surface area contributed by atoms with E-state index in [-0.39, 0.29) is 18.9 Å². The average molecular weight is 437 g/mol. The molecule has 0 atom stereocenters. The zero-order valence-corrected chi connectivity index (χ0v) is 18.7. The van der Waals surface area contributed by atoms with E-state index in [0.717, 1.165) is 16.5 Å². The number of esters is 1. The summed E-state index contributed by atoms with van der Waals surface area (Å²) in [6.45, 7) is 2.00. The molecular formula is C25H27NO6. The highest BCUT2D eigenvalue weighted by Gasteiger charge is 2.19. The highest BCUT2D eigenvalue weighted by Crippen LogP contribution is 2.38. The van der Waals surface area contributed by atoms with Crippen molar-refractivity contribution in [1.82, 2.24) is 0 Å². The van der Waals surface area contributed by atoms with Crippen molar-refractivity contribution >= 4 is 28.3 Å². The number of methoxy groups -OCH3 is 3. The second-order valence-corrected chi connectivity index (χ2v) is 7.01. The molecular weight excluding hydrogens is 410 g/mol. The molecule has 0 aliphatic carbocycles. The molecule has 7 heteroatoms. The fraction of sp³-hybridized carbons (Fsp3) is 0.280. The molecule has 32 heavy (non-hydrogen) atoms. The van der Waals surface area contributed by atoms with Crippen LogP contribution in [0, 0.1) is 0 Å². The molecule has 0 aromatic heterocycles. The van der Waals surface area contributed by atoms with E-state index in [4.69, 9.17) is 18.9 Å². The van der Waals surface area contributed by atoms with Crippen molar-refractivity contribution in [3.8, 4) is 17.2 Å². The van der Waals surface area contributed by atoms with Crippen LogP contribution >= 0.6 is 0 Å². The summed E-state index contributed by atoms with van der Waals surface area (Å²) in [5, 5.41) is 2.00. The number of nitrogens with zero attached hydrogens (tertiary/aromatic N) is 1. The molecule has 0 heterocycles. The Morgan fingerprint density at radius 2 is 1.53 bits per heavy atom. The number of carbonyl (C=O) groups excluding carboxylic acids is 2. The molecule has 0 aliphatic rings. The molecule has 0 fully saturated rings. The van der Waals surface area contributed by atoms with Gasteiger partial charge in [-0.25, -0.2) is 0 Å². The molecule has 3 rings (SSSR count). The first-order valence-corrected chi connectivity index (χ1v) is 10.2. The maximum atomic E-state index is 12.9. The van der Waals surface area contributed by atoms with Crippen molar-refractivity contribution in [3.05, 3.63) is 60.2 Å². The van der Waals surface area contributed by atoms with Gasteiger partial charge in [0, 0.05) is 11.9 Å². The molecule has 0 bridgehead atoms. The number of hydrogen-bond acceptors (Lipinski definition) is 6. The number of anilines is 1. The summed E-state index contributed by atoms with van der Waals surface area (Å²) in [6, 6.07) is 17.0. The van der Waals surface area contributed by atoms with Crippen molar-refractivity contribution < 1.29 is 28.5 Å². The number of carbonyl (C=O) groups is 2. The largest absolute Gasteiger partial charge is 0.493 e. The van der Waals surface area contributed by atoms with E-state index >= 15 is 0 Å². The van der Waals surface area contributed by atoms with E-state index in [2.05, 4.69) is 0 Å². The van der Waals surface area contributed by atoms with Gasteiger partial charge in [-0.2, -0.15) is 0 Å². The number of benzene rings is 3. The first-order chi connectivity index (χ1) is 15.5. The van der Waals surface area contributed by atoms with Crippen molar-refractivity contribution in [2.45, 2.75) is 13.3 Å². The van der Waals surface area contributed by atoms with E-state index in [1.54, 1.807) is 17.0 Å². The fourth-order valence-electron chi connectivity index (χ4n) is 3.60. The van der Waals surface area contributed by atoms with E-state index in [1.807, 2.05) is 49.4 Å². The first-order valence-electron chi connectivity index (χ1n) is 10.2. The van der Waals surface area contributed by atoms with Gasteiger partial charge in [0.25, 0.3) is 5.91 Å². The van der Waals surface area contributed by atoms with Gasteiger partial charge in [0.2, 0.25) is 5.75 Å². The van der Waals surface area contributed by atoms with Crippen molar-refractivity contribution in [2.75, 3.05) is 39.4 Å². The highest BCUT2D eigenvalue weighted by atomic mass is 16.5. The van der Waals surface area contributed by atoms with Crippen molar-refractivity contribution in [1.29, 1.82) is 0 Å². The van der Waals surface area contributed by atoms with Crippen LogP contribution in [0.25, 0.3) is 10.8 Å². The van der Waals surface area contributed by atoms with E-state index in [0.29, 0.717) is 29.4 Å². The average Bonchev–Trinajstić information content (AvgIpc) is 2.82. The SMILES string of the molecule is CCN(C(=O)COC(=O)Cc1cc(OC)c(OC)c(OC)c1)c1cccc2ccccc12. The van der Waals surface area contributed by atoms with Crippen LogP contribution in [0.5, 0.6) is 17.2 Å². The summed E-state index contributed by atoms with van der Waals surface area (Å²) in [6.07, 6.45) is -0.0373. The molecule has 3 aromatic carbocycles. The Morgan fingerprint density at radius 3 is 2.16 bits per heavy atom. The standard InChI is InChI=1S/C25H27NO6/c1-5-26(20-12-8-10-18-9-6-7-11-19(18)20)23(27)16-32-24(28)15-17-13-21(29-2)25(31-4)22(14-17)30-3/h6-14H,5,15-16H2,1-4H3. The van der Waals surface area contributed by atoms with Crippen LogP contribution in [0.4, 0.5) is 5.69 Å². The summed E-state index contributed by atoms with van der Waals surface area (Å²) < 4.78 is 21.2. The van der Waals surface area contributed by atoms with Crippen LogP contribution in [0.15, 0.2) is 54.6 Å². The maximum Gasteiger partial charge on any atom is 0.310 e. The fourth-order valence-corrected chi connectivity index (χ4v) is 3.60. The zero-order chi connectivity index (χ0) is 23.1. The Labute approximate surface area is 187 Å². The summed E-state index contributed by atoms with van der Waals surface area (Å²) in [7, 11) is 4.52. The molecule has 0 aliphatic heterocycles. The van der Waals surface area contributed by atoms with E-state index < -0.39 is 5.97 Å². The minimum Gasteiger partial charge on any atom is -0.493 e. The number of ether oxygens (including phenoxy) is 4. The summed E-state index contributed by atoms with van der Waals surface area (Å²) >= 11 is 0. The Hall–Kier alpha value is -3.74. The quantitative estimate of drug-likeness (QED) is 0.471. The molecule has 0 radical (unpaired) electrons. The number of fused-ring (bicyclic) bond motifs is 1. The van der Waals surface area contributed by atoms with Gasteiger partial charge < -0.3 is 23.8 Å². The lowest BCUT2D eigenvalue weighted by Crippen LogP contribution is -2.34. The summed E-state index contributed by atoms with van der Waals surface area (Å²) in [4.78, 5) is 26.9. The molecule has 7 nitrogen and oxygen atoms in total. The Bertz CT molecular complexity index is 1080. The third kappa shape index (κ3) is 4.94. The minimum atomic E-state index is -0.526. The third-order valence-electron chi connectivity index (χ3n) is 5.10. The Morgan fingerprint density at radius 1 is 0.875 bits per heavy atom. The smallest absolute Gasteiger partial charge is 0.310 e. The van der Waals surface area contributed by atoms with E-state index in [1.165, 1.54) is 21.3 Å². The second kappa shape index (κ2) is 10.5. The second-order valence-electron chi connectivity index (χ2n) is 7.01. The van der Waals surface area contributed by atoms with Gasteiger partial charge in [0.05, 0.1) is 33.4 Å². The molecule has 0 saturated heterocycles. The molecule has 0 unspecified atom stereocenters. The highest BCUT2D eigenvalue weighted by molar-refractivity contribution is 6.04. The zero-order valence-electron chi connectivity index (χ0n) is 18.7. The number of hydrogen-bond donors (Lipinski definition) is 0. The first kappa shape index (κ1) is 22.9. The molecule has 3 aromatic rings. The van der Waals surface area contributed by atoms with E-state index in [9.17, 15) is 9.59 Å². The molecule has 0 spiro atoms. The van der Waals surface area contributed by atoms with Gasteiger partial charge in [-0.3, -0.25) is 9.59 Å². The molecule has 1 amide bonds. The lowest BCUT2D eigenvalue weighted by molar-refractivity contribution is -0.147. The minimum absolute atomic E-state index is 0.0373. The summed E-state index contributed by atoms with van der Waals surface area (Å²) in [5.74, 6) is 0.511. The van der Waals surface area contributed by atoms with Gasteiger partial charge >= 0.3 is 5.97 Å². The lowest BCUT2D eigenvalue weighted by Gasteiger charge is -2.22. The number of likely N-dealkylation sites (N-methyl/N-ethyl adjacent to an activating group) is 1. The van der Waals surface area contributed by atoms with Gasteiger partial charge in [-0.15, -0.1) is 0 Å². The predicted octanol–water partition coefficient (Wildman–Crippen LogP) is 4.00. The normalized spacial score (nSPS) is 10.5. The molecule has 0 saturated carbocycles. The van der Waals surface area contributed by atoms with Gasteiger partial charge in [0.15, 0.2) is 18.1 Å². The lowest BCUT2D eigenvalue weighted by atomic mass is 10.1. The van der Waals surface area contributed by atoms with Crippen molar-refractivity contribution in [3.63, 3.8) is 0 Å². The number of rotatable bonds is 9. The van der Waals surface area contributed by atoms with Gasteiger partial charge in [-0.05, 0) is 36.1 Å². The summed E-state index contributed by atoms with van der Waals surface area (Å²) in [5.41, 5.74) is 1.41. The molecule has 0 N–H and O–H groups in total. The van der Waals surface area contributed by atoms with Gasteiger partial charge in [0.1, 0.15) is 0 Å². The number of amides is 1. The van der Waals surface area contributed by atoms with Crippen LogP contribution in [0.3, 0.4) is 0 Å². The van der Waals surface area contributed by atoms with Crippen molar-refractivity contribution in [2.24, 2.45) is 0 Å². The van der Waals surface area contributed by atoms with Crippen LogP contribution in [-0.2, 0) is 20.7 Å². The third-order valence-corrected chi connectivity index (χ3v) is 5.10. The van der Waals surface area contributed by atoms with Crippen LogP contribution in [-0.4, -0.2) is 46.4 Å². The maximum absolute atomic E-state index is 12.9. The van der Waals surface area contributed by atoms with Crippen LogP contribution in [0.1, 0.15) is 12.5 Å². The molecule has 168 valence electrons. The van der Waals surface area contributed by atoms with Crippen LogP contribution in [0.2, 0.25) is 0 Å². The Kier molecular flexibility index (Phi) is 7.54.